The van der Waals surface area contributed by atoms with Crippen molar-refractivity contribution in [2.45, 2.75) is 43.8 Å². The number of amides is 1. The van der Waals surface area contributed by atoms with E-state index in [-0.39, 0.29) is 18.3 Å². The number of carbonyl (C=O) groups is 1. The number of hydrogen-bond donors (Lipinski definition) is 1. The van der Waals surface area contributed by atoms with E-state index in [1.165, 1.54) is 6.26 Å². The summed E-state index contributed by atoms with van der Waals surface area (Å²) in [5, 5.41) is 3.15. The van der Waals surface area contributed by atoms with E-state index < -0.39 is 14.6 Å². The van der Waals surface area contributed by atoms with Crippen LogP contribution in [0.25, 0.3) is 0 Å². The third kappa shape index (κ3) is 3.90. The van der Waals surface area contributed by atoms with Gasteiger partial charge in [0.05, 0.1) is 0 Å². The van der Waals surface area contributed by atoms with E-state index >= 15 is 0 Å². The summed E-state index contributed by atoms with van der Waals surface area (Å²) >= 11 is 0. The number of nitrogens with one attached hydrogen (secondary N) is 1. The fourth-order valence-corrected chi connectivity index (χ4v) is 4.72. The standard InChI is InChI=1S/C14H26N2O3S.ClH/c1-12-4-3-10-16(11-5-12)13(17)14(20(2,18)19)6-8-15-9-7-14;/h12,15H,3-11H2,1-2H3;1H. The average molecular weight is 339 g/mol. The van der Waals surface area contributed by atoms with Gasteiger partial charge in [0.1, 0.15) is 0 Å². The number of piperidine rings is 1. The van der Waals surface area contributed by atoms with Crippen LogP contribution in [0.5, 0.6) is 0 Å². The van der Waals surface area contributed by atoms with Crippen molar-refractivity contribution in [1.29, 1.82) is 0 Å². The highest BCUT2D eigenvalue weighted by Crippen LogP contribution is 2.31. The van der Waals surface area contributed by atoms with Crippen LogP contribution in [0.3, 0.4) is 0 Å². The zero-order valence-corrected chi connectivity index (χ0v) is 14.6. The Bertz CT molecular complexity index is 461. The van der Waals surface area contributed by atoms with Crippen LogP contribution in [0, 0.1) is 5.92 Å². The van der Waals surface area contributed by atoms with Crippen molar-refractivity contribution in [3.05, 3.63) is 0 Å². The molecule has 1 atom stereocenters. The average Bonchev–Trinajstić information content (AvgIpc) is 2.62. The Labute approximate surface area is 134 Å². The van der Waals surface area contributed by atoms with E-state index in [4.69, 9.17) is 0 Å². The SMILES string of the molecule is CC1CCCN(C(=O)C2(S(C)(=O)=O)CCNCC2)CC1.Cl. The van der Waals surface area contributed by atoms with Crippen LogP contribution in [0.15, 0.2) is 0 Å². The number of halogens is 1. The van der Waals surface area contributed by atoms with E-state index in [0.29, 0.717) is 44.9 Å². The van der Waals surface area contributed by atoms with Gasteiger partial charge in [0.2, 0.25) is 5.91 Å². The van der Waals surface area contributed by atoms with Crippen molar-refractivity contribution in [2.24, 2.45) is 5.92 Å². The second kappa shape index (κ2) is 7.29. The van der Waals surface area contributed by atoms with Crippen LogP contribution in [-0.4, -0.2) is 56.4 Å². The summed E-state index contributed by atoms with van der Waals surface area (Å²) in [6.45, 7) is 4.80. The van der Waals surface area contributed by atoms with E-state index in [1.54, 1.807) is 4.90 Å². The molecule has 0 saturated carbocycles. The number of rotatable bonds is 2. The van der Waals surface area contributed by atoms with Crippen molar-refractivity contribution < 1.29 is 13.2 Å². The van der Waals surface area contributed by atoms with E-state index in [0.717, 1.165) is 19.3 Å². The maximum absolute atomic E-state index is 12.9. The van der Waals surface area contributed by atoms with Gasteiger partial charge in [-0.1, -0.05) is 6.92 Å². The first kappa shape index (κ1) is 18.7. The zero-order chi connectivity index (χ0) is 14.8. The molecule has 1 unspecified atom stereocenters. The molecule has 0 aromatic rings. The lowest BCUT2D eigenvalue weighted by Gasteiger charge is -2.38. The molecule has 0 bridgehead atoms. The highest BCUT2D eigenvalue weighted by atomic mass is 35.5. The minimum atomic E-state index is -3.39. The molecule has 0 aromatic carbocycles. The third-order valence-electron chi connectivity index (χ3n) is 4.81. The summed E-state index contributed by atoms with van der Waals surface area (Å²) in [4.78, 5) is 14.7. The fraction of sp³-hybridized carbons (Fsp3) is 0.929. The molecule has 2 saturated heterocycles. The molecule has 2 aliphatic rings. The molecule has 21 heavy (non-hydrogen) atoms. The van der Waals surface area contributed by atoms with Crippen LogP contribution < -0.4 is 5.32 Å². The molecule has 7 heteroatoms. The molecule has 2 fully saturated rings. The largest absolute Gasteiger partial charge is 0.341 e. The number of nitrogens with zero attached hydrogens (tertiary/aromatic N) is 1. The molecule has 5 nitrogen and oxygen atoms in total. The summed E-state index contributed by atoms with van der Waals surface area (Å²) < 4.78 is 23.3. The maximum Gasteiger partial charge on any atom is 0.244 e. The lowest BCUT2D eigenvalue weighted by molar-refractivity contribution is -0.134. The van der Waals surface area contributed by atoms with Gasteiger partial charge in [-0.05, 0) is 51.1 Å². The number of likely N-dealkylation sites (tertiary alicyclic amines) is 1. The molecule has 1 N–H and O–H groups in total. The molecule has 0 radical (unpaired) electrons. The first-order chi connectivity index (χ1) is 9.37. The molecular weight excluding hydrogens is 312 g/mol. The first-order valence-electron chi connectivity index (χ1n) is 7.56. The van der Waals surface area contributed by atoms with E-state index in [9.17, 15) is 13.2 Å². The molecule has 0 aromatic heterocycles. The van der Waals surface area contributed by atoms with Crippen molar-refractivity contribution in [1.82, 2.24) is 10.2 Å². The smallest absolute Gasteiger partial charge is 0.244 e. The molecular formula is C14H27ClN2O3S. The minimum absolute atomic E-state index is 0. The molecule has 1 amide bonds. The summed E-state index contributed by atoms with van der Waals surface area (Å²) in [5.41, 5.74) is 0. The molecule has 0 spiro atoms. The predicted octanol–water partition coefficient (Wildman–Crippen LogP) is 1.22. The number of carbonyl (C=O) groups excluding carboxylic acids is 1. The van der Waals surface area contributed by atoms with E-state index in [2.05, 4.69) is 12.2 Å². The van der Waals surface area contributed by atoms with Crippen LogP contribution in [0.1, 0.15) is 39.0 Å². The van der Waals surface area contributed by atoms with Gasteiger partial charge in [-0.25, -0.2) is 8.42 Å². The van der Waals surface area contributed by atoms with Gasteiger partial charge in [-0.15, -0.1) is 12.4 Å². The Morgan fingerprint density at radius 3 is 2.38 bits per heavy atom. The Hall–Kier alpha value is -0.330. The van der Waals surface area contributed by atoms with Gasteiger partial charge in [0, 0.05) is 19.3 Å². The van der Waals surface area contributed by atoms with Gasteiger partial charge in [0.25, 0.3) is 0 Å². The van der Waals surface area contributed by atoms with Gasteiger partial charge in [0.15, 0.2) is 14.6 Å². The van der Waals surface area contributed by atoms with Gasteiger partial charge in [-0.3, -0.25) is 4.79 Å². The zero-order valence-electron chi connectivity index (χ0n) is 12.9. The van der Waals surface area contributed by atoms with Crippen molar-refractivity contribution in [2.75, 3.05) is 32.4 Å². The summed E-state index contributed by atoms with van der Waals surface area (Å²) in [5.74, 6) is 0.464. The number of sulfone groups is 1. The quantitative estimate of drug-likeness (QED) is 0.822. The van der Waals surface area contributed by atoms with Crippen LogP contribution in [0.4, 0.5) is 0 Å². The van der Waals surface area contributed by atoms with Crippen molar-refractivity contribution in [3.63, 3.8) is 0 Å². The van der Waals surface area contributed by atoms with Gasteiger partial charge < -0.3 is 10.2 Å². The Balaban J connectivity index is 0.00000220. The molecule has 0 aliphatic carbocycles. The van der Waals surface area contributed by atoms with Crippen LogP contribution in [-0.2, 0) is 14.6 Å². The monoisotopic (exact) mass is 338 g/mol. The molecule has 2 aliphatic heterocycles. The van der Waals surface area contributed by atoms with E-state index in [1.807, 2.05) is 0 Å². The van der Waals surface area contributed by atoms with Gasteiger partial charge in [-0.2, -0.15) is 0 Å². The van der Waals surface area contributed by atoms with Crippen LogP contribution >= 0.6 is 12.4 Å². The predicted molar refractivity (Wildman–Crippen MR) is 86.5 cm³/mol. The van der Waals surface area contributed by atoms with Crippen molar-refractivity contribution in [3.8, 4) is 0 Å². The first-order valence-corrected chi connectivity index (χ1v) is 9.46. The van der Waals surface area contributed by atoms with Crippen molar-refractivity contribution >= 4 is 28.2 Å². The van der Waals surface area contributed by atoms with Crippen LogP contribution in [0.2, 0.25) is 0 Å². The third-order valence-corrected chi connectivity index (χ3v) is 6.82. The fourth-order valence-electron chi connectivity index (χ4n) is 3.33. The molecule has 2 heterocycles. The lowest BCUT2D eigenvalue weighted by Crippen LogP contribution is -2.58. The lowest BCUT2D eigenvalue weighted by atomic mass is 9.95. The Morgan fingerprint density at radius 2 is 1.81 bits per heavy atom. The number of hydrogen-bond acceptors (Lipinski definition) is 4. The molecule has 2 rings (SSSR count). The van der Waals surface area contributed by atoms with Gasteiger partial charge >= 0.3 is 0 Å². The second-order valence-corrected chi connectivity index (χ2v) is 8.67. The molecule has 124 valence electrons. The highest BCUT2D eigenvalue weighted by molar-refractivity contribution is 7.92. The highest BCUT2D eigenvalue weighted by Gasteiger charge is 2.50. The Kier molecular flexibility index (Phi) is 6.50. The normalized spacial score (nSPS) is 26.6. The minimum Gasteiger partial charge on any atom is -0.341 e. The summed E-state index contributed by atoms with van der Waals surface area (Å²) in [6, 6.07) is 0. The Morgan fingerprint density at radius 1 is 1.19 bits per heavy atom. The summed E-state index contributed by atoms with van der Waals surface area (Å²) in [6.07, 6.45) is 5.09. The second-order valence-electron chi connectivity index (χ2n) is 6.34. The summed E-state index contributed by atoms with van der Waals surface area (Å²) in [7, 11) is -3.39. The maximum atomic E-state index is 12.9. The topological polar surface area (TPSA) is 66.5 Å².